The number of methoxy groups -OCH3 is 1. The Labute approximate surface area is 114 Å². The third-order valence-corrected chi connectivity index (χ3v) is 4.23. The van der Waals surface area contributed by atoms with E-state index in [2.05, 4.69) is 10.1 Å². The Balaban J connectivity index is 2.54. The number of thioether (sulfide) groups is 1. The summed E-state index contributed by atoms with van der Waals surface area (Å²) in [5.74, 6) is -0.276. The van der Waals surface area contributed by atoms with Crippen molar-refractivity contribution >= 4 is 40.7 Å². The van der Waals surface area contributed by atoms with Crippen LogP contribution in [0.25, 0.3) is 0 Å². The summed E-state index contributed by atoms with van der Waals surface area (Å²) in [5.41, 5.74) is 5.96. The van der Waals surface area contributed by atoms with Gasteiger partial charge in [-0.2, -0.15) is 0 Å². The molecule has 18 heavy (non-hydrogen) atoms. The number of ether oxygens (including phenoxy) is 1. The number of esters is 1. The second-order valence-corrected chi connectivity index (χ2v) is 5.90. The molecule has 3 N–H and O–H groups in total. The molecule has 0 fully saturated rings. The van der Waals surface area contributed by atoms with E-state index in [1.807, 2.05) is 6.92 Å². The van der Waals surface area contributed by atoms with Gasteiger partial charge in [0.15, 0.2) is 0 Å². The maximum absolute atomic E-state index is 11.7. The third kappa shape index (κ3) is 4.32. The Hall–Kier alpha value is -1.05. The van der Waals surface area contributed by atoms with Crippen LogP contribution in [0.1, 0.15) is 16.6 Å². The summed E-state index contributed by atoms with van der Waals surface area (Å²) < 4.78 is 4.63. The molecule has 0 aliphatic rings. The molecule has 1 aromatic heterocycles. The van der Waals surface area contributed by atoms with E-state index in [0.717, 1.165) is 0 Å². The molecule has 1 heterocycles. The van der Waals surface area contributed by atoms with Crippen LogP contribution in [0, 0.1) is 0 Å². The Morgan fingerprint density at radius 3 is 2.94 bits per heavy atom. The standard InChI is InChI=1S/C11H16N2O3S2/c1-7(5-12)18-6-9(14)13-8-3-4-17-10(8)11(15)16-2/h3-4,7H,5-6,12H2,1-2H3,(H,13,14). The highest BCUT2D eigenvalue weighted by Crippen LogP contribution is 2.23. The van der Waals surface area contributed by atoms with Gasteiger partial charge in [0.05, 0.1) is 18.6 Å². The fourth-order valence-corrected chi connectivity index (χ4v) is 2.54. The molecule has 0 radical (unpaired) electrons. The van der Waals surface area contributed by atoms with Crippen molar-refractivity contribution in [3.05, 3.63) is 16.3 Å². The molecule has 0 spiro atoms. The molecule has 0 aliphatic carbocycles. The molecule has 0 saturated heterocycles. The van der Waals surface area contributed by atoms with Gasteiger partial charge in [-0.25, -0.2) is 4.79 Å². The number of carbonyl (C=O) groups is 2. The smallest absolute Gasteiger partial charge is 0.350 e. The summed E-state index contributed by atoms with van der Waals surface area (Å²) in [5, 5.41) is 4.66. The van der Waals surface area contributed by atoms with Gasteiger partial charge in [-0.05, 0) is 11.4 Å². The van der Waals surface area contributed by atoms with Crippen LogP contribution >= 0.6 is 23.1 Å². The van der Waals surface area contributed by atoms with Crippen LogP contribution < -0.4 is 11.1 Å². The number of amides is 1. The second kappa shape index (κ2) is 7.40. The van der Waals surface area contributed by atoms with Gasteiger partial charge in [0.25, 0.3) is 0 Å². The van der Waals surface area contributed by atoms with Crippen molar-refractivity contribution in [1.82, 2.24) is 0 Å². The van der Waals surface area contributed by atoms with E-state index in [0.29, 0.717) is 22.9 Å². The average Bonchev–Trinajstić information content (AvgIpc) is 2.82. The van der Waals surface area contributed by atoms with Gasteiger partial charge in [0.1, 0.15) is 4.88 Å². The first-order valence-corrected chi connectivity index (χ1v) is 7.28. The van der Waals surface area contributed by atoms with E-state index in [4.69, 9.17) is 5.73 Å². The van der Waals surface area contributed by atoms with Gasteiger partial charge >= 0.3 is 5.97 Å². The first kappa shape index (κ1) is 15.0. The zero-order chi connectivity index (χ0) is 13.5. The Morgan fingerprint density at radius 1 is 1.61 bits per heavy atom. The molecule has 1 amide bonds. The van der Waals surface area contributed by atoms with Gasteiger partial charge in [0, 0.05) is 11.8 Å². The predicted octanol–water partition coefficient (Wildman–Crippen LogP) is 1.55. The molecule has 0 saturated carbocycles. The number of anilines is 1. The van der Waals surface area contributed by atoms with Gasteiger partial charge in [-0.1, -0.05) is 6.92 Å². The third-order valence-electron chi connectivity index (χ3n) is 2.14. The number of hydrogen-bond donors (Lipinski definition) is 2. The van der Waals surface area contributed by atoms with Crippen molar-refractivity contribution in [3.63, 3.8) is 0 Å². The molecule has 0 bridgehead atoms. The first-order valence-electron chi connectivity index (χ1n) is 5.35. The molecule has 1 atom stereocenters. The number of rotatable bonds is 6. The Morgan fingerprint density at radius 2 is 2.33 bits per heavy atom. The van der Waals surface area contributed by atoms with Crippen molar-refractivity contribution in [2.24, 2.45) is 5.73 Å². The lowest BCUT2D eigenvalue weighted by molar-refractivity contribution is -0.113. The summed E-state index contributed by atoms with van der Waals surface area (Å²) in [4.78, 5) is 23.5. The minimum atomic E-state index is -0.441. The van der Waals surface area contributed by atoms with Crippen molar-refractivity contribution in [1.29, 1.82) is 0 Å². The highest BCUT2D eigenvalue weighted by atomic mass is 32.2. The zero-order valence-corrected chi connectivity index (χ0v) is 11.9. The molecule has 0 aromatic carbocycles. The minimum absolute atomic E-state index is 0.149. The van der Waals surface area contributed by atoms with E-state index in [1.54, 1.807) is 11.4 Å². The van der Waals surface area contributed by atoms with Crippen molar-refractivity contribution in [2.45, 2.75) is 12.2 Å². The lowest BCUT2D eigenvalue weighted by atomic mass is 10.4. The van der Waals surface area contributed by atoms with Crippen molar-refractivity contribution in [3.8, 4) is 0 Å². The summed E-state index contributed by atoms with van der Waals surface area (Å²) in [6.07, 6.45) is 0. The van der Waals surface area contributed by atoms with E-state index in [9.17, 15) is 9.59 Å². The van der Waals surface area contributed by atoms with Crippen LogP contribution in [-0.4, -0.2) is 36.5 Å². The fourth-order valence-electron chi connectivity index (χ4n) is 1.13. The maximum Gasteiger partial charge on any atom is 0.350 e. The Kier molecular flexibility index (Phi) is 6.17. The van der Waals surface area contributed by atoms with Crippen LogP contribution in [-0.2, 0) is 9.53 Å². The molecule has 5 nitrogen and oxygen atoms in total. The van der Waals surface area contributed by atoms with Crippen molar-refractivity contribution < 1.29 is 14.3 Å². The first-order chi connectivity index (χ1) is 8.58. The highest BCUT2D eigenvalue weighted by molar-refractivity contribution is 8.00. The molecule has 100 valence electrons. The number of thiophene rings is 1. The van der Waals surface area contributed by atoms with Crippen LogP contribution in [0.5, 0.6) is 0 Å². The number of nitrogens with two attached hydrogens (primary N) is 1. The second-order valence-electron chi connectivity index (χ2n) is 3.56. The van der Waals surface area contributed by atoms with Gasteiger partial charge in [-0.3, -0.25) is 4.79 Å². The summed E-state index contributed by atoms with van der Waals surface area (Å²) >= 11 is 2.71. The van der Waals surface area contributed by atoms with E-state index in [-0.39, 0.29) is 11.2 Å². The van der Waals surface area contributed by atoms with E-state index < -0.39 is 5.97 Å². The van der Waals surface area contributed by atoms with Crippen LogP contribution in [0.2, 0.25) is 0 Å². The van der Waals surface area contributed by atoms with Crippen LogP contribution in [0.4, 0.5) is 5.69 Å². The van der Waals surface area contributed by atoms with Crippen LogP contribution in [0.3, 0.4) is 0 Å². The molecule has 7 heteroatoms. The highest BCUT2D eigenvalue weighted by Gasteiger charge is 2.15. The Bertz CT molecular complexity index is 420. The average molecular weight is 288 g/mol. The number of nitrogens with one attached hydrogen (secondary N) is 1. The van der Waals surface area contributed by atoms with Gasteiger partial charge in [0.2, 0.25) is 5.91 Å². The fraction of sp³-hybridized carbons (Fsp3) is 0.455. The SMILES string of the molecule is COC(=O)c1sccc1NC(=O)CSC(C)CN. The van der Waals surface area contributed by atoms with Crippen molar-refractivity contribution in [2.75, 3.05) is 24.7 Å². The monoisotopic (exact) mass is 288 g/mol. The van der Waals surface area contributed by atoms with E-state index >= 15 is 0 Å². The topological polar surface area (TPSA) is 81.4 Å². The lowest BCUT2D eigenvalue weighted by Crippen LogP contribution is -2.20. The molecular formula is C11H16N2O3S2. The quantitative estimate of drug-likeness (QED) is 0.776. The van der Waals surface area contributed by atoms with Gasteiger partial charge < -0.3 is 15.8 Å². The largest absolute Gasteiger partial charge is 0.465 e. The number of carbonyl (C=O) groups excluding carboxylic acids is 2. The summed E-state index contributed by atoms with van der Waals surface area (Å²) in [7, 11) is 1.31. The minimum Gasteiger partial charge on any atom is -0.465 e. The van der Waals surface area contributed by atoms with E-state index in [1.165, 1.54) is 30.2 Å². The predicted molar refractivity (Wildman–Crippen MR) is 75.3 cm³/mol. The molecule has 1 rings (SSSR count). The molecular weight excluding hydrogens is 272 g/mol. The number of hydrogen-bond acceptors (Lipinski definition) is 6. The summed E-state index contributed by atoms with van der Waals surface area (Å²) in [6, 6.07) is 1.69. The van der Waals surface area contributed by atoms with Crippen LogP contribution in [0.15, 0.2) is 11.4 Å². The molecule has 1 aromatic rings. The maximum atomic E-state index is 11.7. The normalized spacial score (nSPS) is 11.9. The molecule has 1 unspecified atom stereocenters. The van der Waals surface area contributed by atoms with Gasteiger partial charge in [-0.15, -0.1) is 23.1 Å². The lowest BCUT2D eigenvalue weighted by Gasteiger charge is -2.08. The molecule has 0 aliphatic heterocycles. The zero-order valence-electron chi connectivity index (χ0n) is 10.3. The summed E-state index contributed by atoms with van der Waals surface area (Å²) in [6.45, 7) is 2.49.